The first-order valence-electron chi connectivity index (χ1n) is 9.51. The molecule has 0 N–H and O–H groups in total. The summed E-state index contributed by atoms with van der Waals surface area (Å²) in [6.45, 7) is 0.182. The summed E-state index contributed by atoms with van der Waals surface area (Å²) in [6.07, 6.45) is -11.7. The first-order chi connectivity index (χ1) is 14.6. The summed E-state index contributed by atoms with van der Waals surface area (Å²) in [7, 11) is -6.22. The van der Waals surface area contributed by atoms with Crippen LogP contribution in [0.5, 0.6) is 0 Å². The summed E-state index contributed by atoms with van der Waals surface area (Å²) in [6, 6.07) is 0. The van der Waals surface area contributed by atoms with E-state index >= 15 is 0 Å². The highest BCUT2D eigenvalue weighted by Crippen LogP contribution is 2.59. The van der Waals surface area contributed by atoms with Gasteiger partial charge in [-0.2, -0.15) is 57.1 Å². The predicted molar refractivity (Wildman–Crippen MR) is 89.9 cm³/mol. The van der Waals surface area contributed by atoms with E-state index in [0.717, 1.165) is 20.8 Å². The minimum absolute atomic E-state index is 0.880. The van der Waals surface area contributed by atoms with Crippen molar-refractivity contribution in [1.82, 2.24) is 0 Å². The van der Waals surface area contributed by atoms with Gasteiger partial charge in [-0.25, -0.2) is 0 Å². The van der Waals surface area contributed by atoms with Crippen LogP contribution in [0.3, 0.4) is 0 Å². The Morgan fingerprint density at radius 1 is 0.515 bits per heavy atom. The van der Waals surface area contributed by atoms with Crippen molar-refractivity contribution in [2.75, 3.05) is 19.8 Å². The van der Waals surface area contributed by atoms with Gasteiger partial charge < -0.3 is 13.3 Å². The second-order valence-corrected chi connectivity index (χ2v) is 9.29. The molecule has 0 radical (unpaired) electrons. The van der Waals surface area contributed by atoms with Crippen molar-refractivity contribution < 1.29 is 70.4 Å². The lowest BCUT2D eigenvalue weighted by atomic mass is 9.94. The van der Waals surface area contributed by atoms with Gasteiger partial charge in [0.05, 0.1) is 0 Å². The molecule has 0 fully saturated rings. The summed E-state index contributed by atoms with van der Waals surface area (Å²) in [5.74, 6) is -27.8. The lowest BCUT2D eigenvalue weighted by molar-refractivity contribution is -0.396. The van der Waals surface area contributed by atoms with E-state index in [2.05, 4.69) is 13.3 Å². The number of hydrogen-bond acceptors (Lipinski definition) is 3. The first-order valence-corrected chi connectivity index (χ1v) is 11.2. The smallest absolute Gasteiger partial charge is 0.370 e. The van der Waals surface area contributed by atoms with E-state index in [1.807, 2.05) is 0 Å². The molecule has 0 spiro atoms. The maximum Gasteiger partial charge on any atom is 0.582 e. The zero-order valence-electron chi connectivity index (χ0n) is 17.6. The van der Waals surface area contributed by atoms with Crippen LogP contribution in [0.15, 0.2) is 0 Å². The molecule has 0 bridgehead atoms. The lowest BCUT2D eigenvalue weighted by Crippen LogP contribution is -2.76. The van der Waals surface area contributed by atoms with Crippen LogP contribution >= 0.6 is 0 Å². The Kier molecular flexibility index (Phi) is 10.6. The molecular weight excluding hydrogens is 515 g/mol. The van der Waals surface area contributed by atoms with Crippen LogP contribution in [0.25, 0.3) is 0 Å². The summed E-state index contributed by atoms with van der Waals surface area (Å²) >= 11 is 0. The van der Waals surface area contributed by atoms with E-state index < -0.39 is 89.7 Å². The molecule has 0 saturated carbocycles. The molecule has 3 nitrogen and oxygen atoms in total. The van der Waals surface area contributed by atoms with E-state index in [-0.39, 0.29) is 0 Å². The summed E-state index contributed by atoms with van der Waals surface area (Å²) < 4.78 is 191. The van der Waals surface area contributed by atoms with E-state index in [1.54, 1.807) is 0 Å². The Bertz CT molecular complexity index is 594. The fraction of sp³-hybridized carbons (Fsp3) is 1.00. The minimum atomic E-state index is -7.40. The average Bonchev–Trinajstić information content (AvgIpc) is 2.64. The summed E-state index contributed by atoms with van der Waals surface area (Å²) in [4.78, 5) is 0. The number of rotatable bonds is 15. The molecule has 0 aliphatic carbocycles. The number of alkyl halides is 13. The third-order valence-electron chi connectivity index (χ3n) is 4.23. The molecule has 0 atom stereocenters. The average molecular weight is 538 g/mol. The summed E-state index contributed by atoms with van der Waals surface area (Å²) in [5.41, 5.74) is -6.32. The fourth-order valence-electron chi connectivity index (χ4n) is 2.61. The van der Waals surface area contributed by atoms with Crippen LogP contribution in [-0.2, 0) is 13.3 Å². The van der Waals surface area contributed by atoms with Crippen molar-refractivity contribution in [2.45, 2.75) is 81.9 Å². The predicted octanol–water partition coefficient (Wildman–Crippen LogP) is 6.87. The molecule has 0 saturated heterocycles. The highest BCUT2D eigenvalue weighted by Gasteiger charge is 2.91. The monoisotopic (exact) mass is 538 g/mol. The highest BCUT2D eigenvalue weighted by atomic mass is 28.4. The molecule has 200 valence electrons. The van der Waals surface area contributed by atoms with Crippen LogP contribution in [0.2, 0.25) is 0 Å². The molecule has 0 aromatic heterocycles. The van der Waals surface area contributed by atoms with Gasteiger partial charge in [0.25, 0.3) is 0 Å². The molecule has 0 rings (SSSR count). The molecule has 33 heavy (non-hydrogen) atoms. The van der Waals surface area contributed by atoms with Crippen LogP contribution in [0.4, 0.5) is 57.1 Å². The number of hydrogen-bond donors (Lipinski definition) is 0. The van der Waals surface area contributed by atoms with Crippen molar-refractivity contribution in [3.05, 3.63) is 0 Å². The van der Waals surface area contributed by atoms with Crippen molar-refractivity contribution >= 4 is 8.80 Å². The Morgan fingerprint density at radius 2 is 0.879 bits per heavy atom. The van der Waals surface area contributed by atoms with Gasteiger partial charge in [0.2, 0.25) is 0 Å². The van der Waals surface area contributed by atoms with Gasteiger partial charge in [-0.05, 0) is 33.6 Å². The zero-order valence-corrected chi connectivity index (χ0v) is 18.6. The van der Waals surface area contributed by atoms with Crippen LogP contribution in [0, 0.1) is 0 Å². The van der Waals surface area contributed by atoms with Gasteiger partial charge in [-0.15, -0.1) is 0 Å². The maximum absolute atomic E-state index is 14.7. The minimum Gasteiger partial charge on any atom is -0.370 e. The van der Waals surface area contributed by atoms with Gasteiger partial charge in [0, 0.05) is 32.7 Å². The lowest BCUT2D eigenvalue weighted by Gasteiger charge is -2.43. The molecule has 0 aromatic rings. The third kappa shape index (κ3) is 6.25. The van der Waals surface area contributed by atoms with Crippen molar-refractivity contribution in [3.63, 3.8) is 0 Å². The standard InChI is InChI=1S/C16H23F13O3Si/c1-4-30-33(31-5-2,32-6-3)16(28,29)15(26,27)14(24,25)13(22,23)11(17,18)9-7-8-10-12(19,20)21/h4-10H2,1-3H3. The third-order valence-corrected chi connectivity index (χ3v) is 7.32. The zero-order chi connectivity index (χ0) is 26.6. The molecule has 0 aliphatic rings. The maximum atomic E-state index is 14.7. The van der Waals surface area contributed by atoms with Gasteiger partial charge >= 0.3 is 44.2 Å². The second-order valence-electron chi connectivity index (χ2n) is 6.68. The van der Waals surface area contributed by atoms with E-state index in [1.165, 1.54) is 0 Å². The first kappa shape index (κ1) is 32.2. The van der Waals surface area contributed by atoms with Crippen molar-refractivity contribution in [2.24, 2.45) is 0 Å². The topological polar surface area (TPSA) is 27.7 Å². The van der Waals surface area contributed by atoms with E-state index in [4.69, 9.17) is 0 Å². The highest BCUT2D eigenvalue weighted by molar-refractivity contribution is 6.63. The summed E-state index contributed by atoms with van der Waals surface area (Å²) in [5, 5.41) is 0. The number of unbranched alkanes of at least 4 members (excludes halogenated alkanes) is 1. The second kappa shape index (κ2) is 10.8. The van der Waals surface area contributed by atoms with Crippen LogP contribution in [0.1, 0.15) is 46.5 Å². The van der Waals surface area contributed by atoms with E-state index in [0.29, 0.717) is 0 Å². The van der Waals surface area contributed by atoms with E-state index in [9.17, 15) is 57.1 Å². The fourth-order valence-corrected chi connectivity index (χ4v) is 5.09. The van der Waals surface area contributed by atoms with Crippen molar-refractivity contribution in [3.8, 4) is 0 Å². The molecule has 0 unspecified atom stereocenters. The number of halogens is 13. The Labute approximate surface area is 181 Å². The molecular formula is C16H23F13O3Si. The largest absolute Gasteiger partial charge is 0.582 e. The van der Waals surface area contributed by atoms with Crippen LogP contribution in [-0.4, -0.2) is 64.0 Å². The Balaban J connectivity index is 6.21. The molecule has 0 amide bonds. The van der Waals surface area contributed by atoms with Gasteiger partial charge in [-0.3, -0.25) is 0 Å². The van der Waals surface area contributed by atoms with Crippen molar-refractivity contribution in [1.29, 1.82) is 0 Å². The van der Waals surface area contributed by atoms with Gasteiger partial charge in [-0.1, -0.05) is 0 Å². The molecule has 0 heterocycles. The quantitative estimate of drug-likeness (QED) is 0.129. The molecule has 0 aromatic carbocycles. The Morgan fingerprint density at radius 3 is 1.21 bits per heavy atom. The Hall–Kier alpha value is -0.813. The molecule has 0 aliphatic heterocycles. The van der Waals surface area contributed by atoms with Gasteiger partial charge in [0.15, 0.2) is 0 Å². The van der Waals surface area contributed by atoms with Gasteiger partial charge in [0.1, 0.15) is 0 Å². The van der Waals surface area contributed by atoms with Crippen LogP contribution < -0.4 is 0 Å². The SMILES string of the molecule is CCO[Si](OCC)(OCC)C(F)(F)C(F)(F)C(F)(F)C(F)(F)C(F)(F)CCCCC(F)(F)F. The molecule has 17 heteroatoms. The normalized spacial score (nSPS) is 15.3.